The summed E-state index contributed by atoms with van der Waals surface area (Å²) >= 11 is 0. The van der Waals surface area contributed by atoms with Crippen molar-refractivity contribution in [2.24, 2.45) is 7.05 Å². The minimum Gasteiger partial charge on any atom is -0.334 e. The van der Waals surface area contributed by atoms with Crippen LogP contribution in [0.2, 0.25) is 0 Å². The van der Waals surface area contributed by atoms with Crippen molar-refractivity contribution >= 4 is 5.91 Å². The zero-order valence-corrected chi connectivity index (χ0v) is 11.7. The van der Waals surface area contributed by atoms with E-state index in [1.165, 1.54) is 0 Å². The first-order valence-corrected chi connectivity index (χ1v) is 6.74. The normalized spacial score (nSPS) is 18.5. The molecule has 0 radical (unpaired) electrons. The van der Waals surface area contributed by atoms with Crippen molar-refractivity contribution in [1.82, 2.24) is 24.6 Å². The number of nitrogens with zero attached hydrogens (tertiary/aromatic N) is 5. The number of hydrogen-bond acceptors (Lipinski definition) is 4. The number of carbonyl (C=O) groups excluding carboxylic acids is 1. The minimum atomic E-state index is 0.0700. The molecule has 3 rings (SSSR count). The van der Waals surface area contributed by atoms with E-state index in [1.54, 1.807) is 30.2 Å². The number of carbonyl (C=O) groups is 1. The molecule has 1 amide bonds. The van der Waals surface area contributed by atoms with E-state index in [1.807, 2.05) is 18.0 Å². The van der Waals surface area contributed by atoms with E-state index in [0.717, 1.165) is 36.5 Å². The van der Waals surface area contributed by atoms with Gasteiger partial charge in [-0.05, 0) is 18.9 Å². The van der Waals surface area contributed by atoms with E-state index in [-0.39, 0.29) is 11.9 Å². The number of hydrogen-bond donors (Lipinski definition) is 0. The summed E-state index contributed by atoms with van der Waals surface area (Å²) in [7, 11) is 1.87. The maximum absolute atomic E-state index is 11.6. The maximum atomic E-state index is 11.6. The van der Waals surface area contributed by atoms with Crippen LogP contribution >= 0.6 is 0 Å². The average molecular weight is 271 g/mol. The molecule has 0 unspecified atom stereocenters. The van der Waals surface area contributed by atoms with Crippen LogP contribution in [-0.2, 0) is 11.8 Å². The van der Waals surface area contributed by atoms with Gasteiger partial charge in [-0.1, -0.05) is 0 Å². The second-order valence-corrected chi connectivity index (χ2v) is 5.04. The molecule has 2 aromatic rings. The fourth-order valence-electron chi connectivity index (χ4n) is 2.72. The average Bonchev–Trinajstić information content (AvgIpc) is 3.07. The minimum absolute atomic E-state index is 0.0700. The van der Waals surface area contributed by atoms with Crippen molar-refractivity contribution in [2.45, 2.75) is 25.8 Å². The predicted octanol–water partition coefficient (Wildman–Crippen LogP) is 1.56. The molecule has 104 valence electrons. The smallest absolute Gasteiger partial charge is 0.220 e. The van der Waals surface area contributed by atoms with E-state index >= 15 is 0 Å². The Morgan fingerprint density at radius 2 is 2.20 bits per heavy atom. The van der Waals surface area contributed by atoms with Crippen molar-refractivity contribution in [3.05, 3.63) is 30.4 Å². The summed E-state index contributed by atoms with van der Waals surface area (Å²) in [5.74, 6) is 0.102. The molecule has 1 aliphatic rings. The van der Waals surface area contributed by atoms with Crippen LogP contribution in [0.4, 0.5) is 0 Å². The lowest BCUT2D eigenvalue weighted by atomic mass is 10.1. The maximum Gasteiger partial charge on any atom is 0.220 e. The summed E-state index contributed by atoms with van der Waals surface area (Å²) in [6.07, 6.45) is 7.24. The number of likely N-dealkylation sites (tertiary alicyclic amines) is 1. The zero-order valence-electron chi connectivity index (χ0n) is 11.7. The summed E-state index contributed by atoms with van der Waals surface area (Å²) in [4.78, 5) is 22.4. The van der Waals surface area contributed by atoms with Gasteiger partial charge in [-0.25, -0.2) is 0 Å². The van der Waals surface area contributed by atoms with Gasteiger partial charge in [0.15, 0.2) is 0 Å². The van der Waals surface area contributed by atoms with Crippen LogP contribution in [0.3, 0.4) is 0 Å². The van der Waals surface area contributed by atoms with Gasteiger partial charge in [-0.2, -0.15) is 5.10 Å². The third-order valence-electron chi connectivity index (χ3n) is 3.75. The molecule has 2 aromatic heterocycles. The van der Waals surface area contributed by atoms with Crippen LogP contribution in [0.15, 0.2) is 24.7 Å². The fourth-order valence-corrected chi connectivity index (χ4v) is 2.72. The van der Waals surface area contributed by atoms with Gasteiger partial charge in [0, 0.05) is 26.7 Å². The Morgan fingerprint density at radius 3 is 2.80 bits per heavy atom. The van der Waals surface area contributed by atoms with Crippen molar-refractivity contribution in [3.8, 4) is 11.4 Å². The highest BCUT2D eigenvalue weighted by Gasteiger charge is 2.29. The molecule has 0 aliphatic carbocycles. The quantitative estimate of drug-likeness (QED) is 0.831. The molecule has 1 fully saturated rings. The Hall–Kier alpha value is -2.24. The van der Waals surface area contributed by atoms with Gasteiger partial charge in [0.2, 0.25) is 5.91 Å². The second kappa shape index (κ2) is 5.03. The molecule has 6 nitrogen and oxygen atoms in total. The third kappa shape index (κ3) is 2.17. The van der Waals surface area contributed by atoms with Gasteiger partial charge in [0.1, 0.15) is 5.69 Å². The van der Waals surface area contributed by atoms with Crippen molar-refractivity contribution < 1.29 is 4.79 Å². The monoisotopic (exact) mass is 271 g/mol. The van der Waals surface area contributed by atoms with Crippen molar-refractivity contribution in [3.63, 3.8) is 0 Å². The molecule has 20 heavy (non-hydrogen) atoms. The molecule has 0 aromatic carbocycles. The summed E-state index contributed by atoms with van der Waals surface area (Å²) < 4.78 is 1.77. The molecule has 6 heteroatoms. The first kappa shape index (κ1) is 12.8. The van der Waals surface area contributed by atoms with Gasteiger partial charge in [0.05, 0.1) is 29.8 Å². The highest BCUT2D eigenvalue weighted by Crippen LogP contribution is 2.30. The molecular formula is C14H17N5O. The molecule has 0 saturated carbocycles. The topological polar surface area (TPSA) is 63.9 Å². The van der Waals surface area contributed by atoms with Crippen LogP contribution in [0.5, 0.6) is 0 Å². The molecule has 1 aliphatic heterocycles. The Bertz CT molecular complexity index is 619. The molecular weight excluding hydrogens is 254 g/mol. The highest BCUT2D eigenvalue weighted by atomic mass is 16.2. The summed E-state index contributed by atoms with van der Waals surface area (Å²) in [6, 6.07) is 1.97. The molecule has 0 N–H and O–H groups in total. The highest BCUT2D eigenvalue weighted by molar-refractivity contribution is 5.74. The first-order valence-electron chi connectivity index (χ1n) is 6.74. The summed E-state index contributed by atoms with van der Waals surface area (Å²) in [6.45, 7) is 2.42. The Labute approximate surface area is 117 Å². The standard InChI is InChI=1S/C14H17N5O/c1-10(20)19-7-3-4-14(19)12-9-15-11(8-16-12)13-5-6-17-18(13)2/h5-6,8-9,14H,3-4,7H2,1-2H3/t14-/m1/s1. The molecule has 1 atom stereocenters. The van der Waals surface area contributed by atoms with Crippen LogP contribution in [-0.4, -0.2) is 37.1 Å². The second-order valence-electron chi connectivity index (χ2n) is 5.04. The summed E-state index contributed by atoms with van der Waals surface area (Å²) in [5.41, 5.74) is 2.59. The van der Waals surface area contributed by atoms with E-state index in [2.05, 4.69) is 15.1 Å². The predicted molar refractivity (Wildman–Crippen MR) is 73.6 cm³/mol. The van der Waals surface area contributed by atoms with Crippen LogP contribution in [0.25, 0.3) is 11.4 Å². The van der Waals surface area contributed by atoms with E-state index in [9.17, 15) is 4.79 Å². The lowest BCUT2D eigenvalue weighted by molar-refractivity contribution is -0.129. The number of amides is 1. The van der Waals surface area contributed by atoms with E-state index in [4.69, 9.17) is 0 Å². The Balaban J connectivity index is 1.86. The zero-order chi connectivity index (χ0) is 14.1. The van der Waals surface area contributed by atoms with Gasteiger partial charge < -0.3 is 4.90 Å². The lowest BCUT2D eigenvalue weighted by Gasteiger charge is -2.22. The van der Waals surface area contributed by atoms with Crippen LogP contribution in [0, 0.1) is 0 Å². The number of aryl methyl sites for hydroxylation is 1. The van der Waals surface area contributed by atoms with E-state index < -0.39 is 0 Å². The van der Waals surface area contributed by atoms with Gasteiger partial charge in [0.25, 0.3) is 0 Å². The molecule has 1 saturated heterocycles. The van der Waals surface area contributed by atoms with Crippen molar-refractivity contribution in [1.29, 1.82) is 0 Å². The lowest BCUT2D eigenvalue weighted by Crippen LogP contribution is -2.28. The molecule has 3 heterocycles. The van der Waals surface area contributed by atoms with Gasteiger partial charge in [-0.15, -0.1) is 0 Å². The summed E-state index contributed by atoms with van der Waals surface area (Å²) in [5, 5.41) is 4.12. The van der Waals surface area contributed by atoms with Crippen LogP contribution < -0.4 is 0 Å². The fraction of sp³-hybridized carbons (Fsp3) is 0.429. The first-order chi connectivity index (χ1) is 9.66. The number of aromatic nitrogens is 4. The Kier molecular flexibility index (Phi) is 3.22. The van der Waals surface area contributed by atoms with Crippen molar-refractivity contribution in [2.75, 3.05) is 6.54 Å². The van der Waals surface area contributed by atoms with Crippen LogP contribution in [0.1, 0.15) is 31.5 Å². The third-order valence-corrected chi connectivity index (χ3v) is 3.75. The largest absolute Gasteiger partial charge is 0.334 e. The van der Waals surface area contributed by atoms with Gasteiger partial charge >= 0.3 is 0 Å². The van der Waals surface area contributed by atoms with Gasteiger partial charge in [-0.3, -0.25) is 19.4 Å². The Morgan fingerprint density at radius 1 is 1.35 bits per heavy atom. The SMILES string of the molecule is CC(=O)N1CCC[C@@H]1c1cnc(-c2ccnn2C)cn1. The van der Waals surface area contributed by atoms with E-state index in [0.29, 0.717) is 0 Å². The number of rotatable bonds is 2. The molecule has 0 bridgehead atoms. The molecule has 0 spiro atoms.